The van der Waals surface area contributed by atoms with Crippen molar-refractivity contribution >= 4 is 46.9 Å². The third kappa shape index (κ3) is 6.32. The maximum absolute atomic E-state index is 14.8. The zero-order valence-electron chi connectivity index (χ0n) is 22.4. The highest BCUT2D eigenvalue weighted by Crippen LogP contribution is 2.43. The van der Waals surface area contributed by atoms with Crippen LogP contribution in [0.1, 0.15) is 51.4 Å². The van der Waals surface area contributed by atoms with Gasteiger partial charge in [-0.15, -0.1) is 0 Å². The molecule has 0 saturated heterocycles. The number of fused-ring (bicyclic) bond motifs is 1. The molecule has 1 fully saturated rings. The number of halogens is 5. The van der Waals surface area contributed by atoms with Crippen LogP contribution < -0.4 is 10.8 Å². The summed E-state index contributed by atoms with van der Waals surface area (Å²) in [5.41, 5.74) is -0.483. The zero-order chi connectivity index (χ0) is 31.2. The fraction of sp³-hybridized carbons (Fsp3) is 0.259. The van der Waals surface area contributed by atoms with Crippen molar-refractivity contribution in [3.05, 3.63) is 87.3 Å². The van der Waals surface area contributed by atoms with E-state index in [4.69, 9.17) is 11.6 Å². The number of hydrogen-bond donors (Lipinski definition) is 4. The van der Waals surface area contributed by atoms with Crippen LogP contribution in [0.5, 0.6) is 0 Å². The summed E-state index contributed by atoms with van der Waals surface area (Å²) in [6.45, 7) is -1.11. The molecule has 226 valence electrons. The summed E-state index contributed by atoms with van der Waals surface area (Å²) >= 11 is 3.23. The summed E-state index contributed by atoms with van der Waals surface area (Å²) in [6.07, 6.45) is -2.07. The van der Waals surface area contributed by atoms with Gasteiger partial charge in [0.05, 0.1) is 16.6 Å². The predicted molar refractivity (Wildman–Crippen MR) is 152 cm³/mol. The normalized spacial score (nSPS) is 14.4. The van der Waals surface area contributed by atoms with E-state index in [1.165, 1.54) is 11.6 Å². The Labute approximate surface area is 250 Å². The fourth-order valence-electron chi connectivity index (χ4n) is 5.03. The number of alkyl halides is 3. The first kappa shape index (κ1) is 31.1. The van der Waals surface area contributed by atoms with Gasteiger partial charge in [-0.25, -0.2) is 13.1 Å². The molecule has 1 aliphatic carbocycles. The van der Waals surface area contributed by atoms with Gasteiger partial charge in [-0.1, -0.05) is 35.9 Å². The summed E-state index contributed by atoms with van der Waals surface area (Å²) in [5.74, 6) is -2.23. The number of amides is 1. The lowest BCUT2D eigenvalue weighted by Gasteiger charge is -2.23. The average Bonchev–Trinajstić information content (AvgIpc) is 3.71. The van der Waals surface area contributed by atoms with E-state index in [1.807, 2.05) is 0 Å². The molecule has 1 atom stereocenters. The van der Waals surface area contributed by atoms with Crippen LogP contribution in [0, 0.1) is 5.82 Å². The van der Waals surface area contributed by atoms with Gasteiger partial charge >= 0.3 is 13.3 Å². The van der Waals surface area contributed by atoms with Crippen LogP contribution in [0.15, 0.2) is 48.7 Å². The van der Waals surface area contributed by atoms with E-state index in [0.29, 0.717) is 27.4 Å². The van der Waals surface area contributed by atoms with Gasteiger partial charge < -0.3 is 15.4 Å². The van der Waals surface area contributed by atoms with Crippen LogP contribution in [-0.2, 0) is 30.5 Å². The summed E-state index contributed by atoms with van der Waals surface area (Å²) in [7, 11) is -1.01. The average molecular weight is 639 g/mol. The second kappa shape index (κ2) is 12.0. The van der Waals surface area contributed by atoms with Crippen molar-refractivity contribution in [2.75, 3.05) is 7.05 Å². The fourth-order valence-corrected chi connectivity index (χ4v) is 5.65. The molecule has 0 spiro atoms. The van der Waals surface area contributed by atoms with Gasteiger partial charge in [0.25, 0.3) is 5.91 Å². The minimum absolute atomic E-state index is 0.0499. The Bertz CT molecular complexity index is 1730. The van der Waals surface area contributed by atoms with Gasteiger partial charge in [-0.3, -0.25) is 9.35 Å². The molecular weight excluding hydrogens is 615 g/mol. The van der Waals surface area contributed by atoms with Crippen LogP contribution in [0.25, 0.3) is 16.8 Å². The Morgan fingerprint density at radius 1 is 1.16 bits per heavy atom. The maximum Gasteiger partial charge on any atom is 0.491 e. The van der Waals surface area contributed by atoms with Gasteiger partial charge in [0.15, 0.2) is 0 Å². The highest BCUT2D eigenvalue weighted by atomic mass is 35.5. The largest absolute Gasteiger partial charge is 0.491 e. The molecule has 4 aromatic rings. The van der Waals surface area contributed by atoms with Crippen LogP contribution >= 0.6 is 11.6 Å². The predicted octanol–water partition coefficient (Wildman–Crippen LogP) is 3.87. The summed E-state index contributed by atoms with van der Waals surface area (Å²) in [6, 6.07) is 10.1. The number of carbonyl (C=O) groups excluding carboxylic acids is 1. The number of carbonyl (C=O) groups is 1. The molecule has 1 amide bonds. The first-order valence-electron chi connectivity index (χ1n) is 12.9. The number of benzene rings is 2. The van der Waals surface area contributed by atoms with Gasteiger partial charge in [0.2, 0.25) is 11.3 Å². The number of rotatable bonds is 9. The molecule has 9 nitrogen and oxygen atoms in total. The monoisotopic (exact) mass is 638 g/mol. The molecule has 2 aromatic heterocycles. The first-order chi connectivity index (χ1) is 20.3. The lowest BCUT2D eigenvalue weighted by Crippen LogP contribution is -2.36. The Balaban J connectivity index is 1.60. The molecule has 4 N–H and O–H groups in total. The molecule has 5 rings (SSSR count). The minimum atomic E-state index is -5.23. The molecule has 2 aromatic carbocycles. The van der Waals surface area contributed by atoms with Crippen molar-refractivity contribution < 1.29 is 41.2 Å². The summed E-state index contributed by atoms with van der Waals surface area (Å²) < 4.78 is 81.1. The topological polar surface area (TPSA) is 127 Å². The van der Waals surface area contributed by atoms with Gasteiger partial charge in [0, 0.05) is 42.4 Å². The highest BCUT2D eigenvalue weighted by Gasteiger charge is 2.40. The second-order valence-corrected chi connectivity index (χ2v) is 11.5. The lowest BCUT2D eigenvalue weighted by atomic mass is 9.78. The Morgan fingerprint density at radius 3 is 2.37 bits per heavy atom. The molecule has 16 heteroatoms. The van der Waals surface area contributed by atoms with E-state index >= 15 is 0 Å². The van der Waals surface area contributed by atoms with Crippen molar-refractivity contribution in [2.45, 2.75) is 38.0 Å². The van der Waals surface area contributed by atoms with Crippen molar-refractivity contribution in [3.63, 3.8) is 0 Å². The third-order valence-corrected chi connectivity index (χ3v) is 8.16. The van der Waals surface area contributed by atoms with E-state index in [1.54, 1.807) is 36.5 Å². The van der Waals surface area contributed by atoms with E-state index in [2.05, 4.69) is 10.4 Å². The quantitative estimate of drug-likeness (QED) is 0.125. The molecular formula is C27H24BClF4N4O5S. The van der Waals surface area contributed by atoms with Crippen molar-refractivity contribution in [2.24, 2.45) is 0 Å². The third-order valence-electron chi connectivity index (χ3n) is 7.21. The molecule has 2 heterocycles. The number of nitrogens with one attached hydrogen (secondary N) is 1. The molecule has 0 bridgehead atoms. The number of hydrogen-bond acceptors (Lipinski definition) is 5. The van der Waals surface area contributed by atoms with Crippen LogP contribution in [0.3, 0.4) is 0 Å². The minimum Gasteiger partial charge on any atom is -0.423 e. The van der Waals surface area contributed by atoms with Crippen LogP contribution in [0.2, 0.25) is 5.02 Å². The summed E-state index contributed by atoms with van der Waals surface area (Å²) in [5, 5.41) is 26.3. The van der Waals surface area contributed by atoms with Crippen LogP contribution in [-0.4, -0.2) is 52.8 Å². The van der Waals surface area contributed by atoms with Gasteiger partial charge in [-0.2, -0.15) is 22.6 Å². The van der Waals surface area contributed by atoms with Gasteiger partial charge in [0.1, 0.15) is 11.5 Å². The van der Waals surface area contributed by atoms with E-state index in [0.717, 1.165) is 34.8 Å². The van der Waals surface area contributed by atoms with E-state index in [9.17, 15) is 41.2 Å². The van der Waals surface area contributed by atoms with E-state index in [-0.39, 0.29) is 18.0 Å². The van der Waals surface area contributed by atoms with Gasteiger partial charge in [-0.05, 0) is 53.6 Å². The standard InChI is InChI=1S/C27H24BClF4N4O5S/c1-34-26(38)22-21-10-19(14-2-3-14)17(13-37(21)35-25(22)15-4-7-18(29)8-5-15)12-36(43(41)42)11-16-6-9-20(28(39)40)24(30)23(16)27(31,32)33/h4-10,13-14,39-40H,2-3,11-12H2,1H3,(H,34,38)(H,41,42). The van der Waals surface area contributed by atoms with Crippen molar-refractivity contribution in [3.8, 4) is 11.3 Å². The Hall–Kier alpha value is -3.34. The number of nitrogens with zero attached hydrogens (tertiary/aromatic N) is 3. The number of pyridine rings is 1. The molecule has 1 aliphatic rings. The maximum atomic E-state index is 14.8. The first-order valence-corrected chi connectivity index (χ1v) is 14.4. The summed E-state index contributed by atoms with van der Waals surface area (Å²) in [4.78, 5) is 13.0. The second-order valence-electron chi connectivity index (χ2n) is 10.1. The van der Waals surface area contributed by atoms with Crippen LogP contribution in [0.4, 0.5) is 17.6 Å². The molecule has 0 aliphatic heterocycles. The zero-order valence-corrected chi connectivity index (χ0v) is 24.0. The number of aromatic nitrogens is 2. The smallest absolute Gasteiger partial charge is 0.423 e. The Kier molecular flexibility index (Phi) is 8.67. The highest BCUT2D eigenvalue weighted by molar-refractivity contribution is 7.76. The SMILES string of the molecule is CNC(=O)c1c(-c2ccc(Cl)cc2)nn2cc(CN(Cc3ccc(B(O)O)c(F)c3C(F)(F)F)S(=O)O)c(C3CC3)cc12. The van der Waals surface area contributed by atoms with Crippen molar-refractivity contribution in [1.29, 1.82) is 0 Å². The molecule has 43 heavy (non-hydrogen) atoms. The lowest BCUT2D eigenvalue weighted by molar-refractivity contribution is -0.140. The Morgan fingerprint density at radius 2 is 1.81 bits per heavy atom. The molecule has 1 saturated carbocycles. The van der Waals surface area contributed by atoms with Crippen molar-refractivity contribution in [1.82, 2.24) is 19.2 Å². The van der Waals surface area contributed by atoms with E-state index < -0.39 is 59.4 Å². The molecule has 0 radical (unpaired) electrons. The molecule has 1 unspecified atom stereocenters.